The van der Waals surface area contributed by atoms with Gasteiger partial charge in [0.2, 0.25) is 5.91 Å². The molecule has 1 fully saturated rings. The van der Waals surface area contributed by atoms with Crippen LogP contribution in [0.5, 0.6) is 0 Å². The summed E-state index contributed by atoms with van der Waals surface area (Å²) in [5.41, 5.74) is -0.247. The molecule has 4 N–H and O–H groups in total. The molecular formula is C15H18N4O5. The van der Waals surface area contributed by atoms with Gasteiger partial charge in [-0.3, -0.25) is 4.79 Å². The topological polar surface area (TPSA) is 130 Å². The monoisotopic (exact) mass is 334 g/mol. The summed E-state index contributed by atoms with van der Waals surface area (Å²) >= 11 is 0. The van der Waals surface area contributed by atoms with Crippen LogP contribution in [0, 0.1) is 0 Å². The molecule has 1 amide bonds. The maximum Gasteiger partial charge on any atom is 0.225 e. The molecule has 9 nitrogen and oxygen atoms in total. The van der Waals surface area contributed by atoms with Crippen molar-refractivity contribution in [1.82, 2.24) is 14.5 Å². The number of hydrogen-bond donors (Lipinski definition) is 4. The Balaban J connectivity index is 1.87. The number of carbonyl (C=O) groups excluding carboxylic acids is 1. The van der Waals surface area contributed by atoms with E-state index in [1.54, 1.807) is 10.8 Å². The predicted molar refractivity (Wildman–Crippen MR) is 82.1 cm³/mol. The van der Waals surface area contributed by atoms with E-state index in [0.717, 1.165) is 5.56 Å². The summed E-state index contributed by atoms with van der Waals surface area (Å²) in [5, 5.41) is 33.7. The highest BCUT2D eigenvalue weighted by atomic mass is 16.6. The average Bonchev–Trinajstić information content (AvgIpc) is 2.95. The van der Waals surface area contributed by atoms with Crippen molar-refractivity contribution in [2.75, 3.05) is 11.9 Å². The van der Waals surface area contributed by atoms with Gasteiger partial charge in [-0.05, 0) is 18.9 Å². The van der Waals surface area contributed by atoms with E-state index in [4.69, 9.17) is 4.74 Å². The van der Waals surface area contributed by atoms with E-state index in [-0.39, 0.29) is 5.91 Å². The number of aliphatic hydroxyl groups is 3. The Morgan fingerprint density at radius 3 is 2.96 bits per heavy atom. The molecule has 1 unspecified atom stereocenters. The molecule has 0 spiro atoms. The fourth-order valence-corrected chi connectivity index (χ4v) is 3.46. The standard InChI is InChI=1S/C15H18N4O5/c1-15(23)11(22)8(5-20)24-14(15)19-4-7-2-3-9(21)18-12-10(7)13(19)17-6-16-12/h4,6,8,11,14,20,22-23H,2-3,5H2,1H3,(H,16,17,18,21)/t8-,11-,14?,15-/m1/s1. The molecule has 128 valence electrons. The summed E-state index contributed by atoms with van der Waals surface area (Å²) in [4.78, 5) is 20.1. The number of ether oxygens (including phenoxy) is 1. The first kappa shape index (κ1) is 15.5. The van der Waals surface area contributed by atoms with Gasteiger partial charge in [-0.25, -0.2) is 9.97 Å². The Bertz CT molecular complexity index is 818. The molecule has 1 saturated heterocycles. The lowest BCUT2D eigenvalue weighted by Crippen LogP contribution is -2.44. The molecule has 4 atom stereocenters. The van der Waals surface area contributed by atoms with Crippen LogP contribution in [-0.2, 0) is 16.0 Å². The molecule has 9 heteroatoms. The van der Waals surface area contributed by atoms with Crippen molar-refractivity contribution in [3.05, 3.63) is 18.1 Å². The minimum absolute atomic E-state index is 0.113. The molecule has 4 heterocycles. The average molecular weight is 334 g/mol. The molecule has 24 heavy (non-hydrogen) atoms. The molecule has 0 bridgehead atoms. The van der Waals surface area contributed by atoms with Crippen molar-refractivity contribution in [2.45, 2.75) is 43.8 Å². The van der Waals surface area contributed by atoms with Crippen molar-refractivity contribution < 1.29 is 24.9 Å². The van der Waals surface area contributed by atoms with E-state index >= 15 is 0 Å². The van der Waals surface area contributed by atoms with Gasteiger partial charge in [0.15, 0.2) is 6.23 Å². The lowest BCUT2D eigenvalue weighted by Gasteiger charge is -2.27. The second-order valence-electron chi connectivity index (χ2n) is 6.41. The Hall–Kier alpha value is -2.07. The third-order valence-corrected chi connectivity index (χ3v) is 4.75. The van der Waals surface area contributed by atoms with Crippen LogP contribution in [0.4, 0.5) is 5.82 Å². The summed E-state index contributed by atoms with van der Waals surface area (Å²) in [6.07, 6.45) is 0.874. The Labute approximate surface area is 136 Å². The second kappa shape index (κ2) is 5.21. The Kier molecular flexibility index (Phi) is 3.36. The number of anilines is 1. The molecule has 4 rings (SSSR count). The highest BCUT2D eigenvalue weighted by Gasteiger charge is 2.53. The van der Waals surface area contributed by atoms with Gasteiger partial charge in [0.05, 0.1) is 12.0 Å². The van der Waals surface area contributed by atoms with Crippen molar-refractivity contribution in [3.63, 3.8) is 0 Å². The first-order chi connectivity index (χ1) is 11.4. The number of aromatic nitrogens is 3. The number of nitrogens with one attached hydrogen (secondary N) is 1. The van der Waals surface area contributed by atoms with E-state index in [2.05, 4.69) is 15.3 Å². The molecule has 0 radical (unpaired) electrons. The van der Waals surface area contributed by atoms with Gasteiger partial charge in [-0.15, -0.1) is 0 Å². The second-order valence-corrected chi connectivity index (χ2v) is 6.41. The normalized spacial score (nSPS) is 32.8. The van der Waals surface area contributed by atoms with Gasteiger partial charge in [0.25, 0.3) is 0 Å². The van der Waals surface area contributed by atoms with E-state index < -0.39 is 30.6 Å². The van der Waals surface area contributed by atoms with Gasteiger partial charge in [-0.2, -0.15) is 0 Å². The van der Waals surface area contributed by atoms with E-state index in [0.29, 0.717) is 29.7 Å². The lowest BCUT2D eigenvalue weighted by molar-refractivity contribution is -0.116. The van der Waals surface area contributed by atoms with Crippen molar-refractivity contribution in [3.8, 4) is 0 Å². The quantitative estimate of drug-likeness (QED) is 0.572. The largest absolute Gasteiger partial charge is 0.394 e. The van der Waals surface area contributed by atoms with Crippen LogP contribution < -0.4 is 5.32 Å². The van der Waals surface area contributed by atoms with Crippen molar-refractivity contribution >= 4 is 22.8 Å². The zero-order valence-electron chi connectivity index (χ0n) is 13.0. The van der Waals surface area contributed by atoms with Crippen LogP contribution in [0.3, 0.4) is 0 Å². The first-order valence-electron chi connectivity index (χ1n) is 7.74. The third kappa shape index (κ3) is 2.06. The smallest absolute Gasteiger partial charge is 0.225 e. The van der Waals surface area contributed by atoms with E-state index in [1.165, 1.54) is 13.3 Å². The SMILES string of the molecule is C[C@]1(O)C(n2cc3c4c(ncnc42)NC(=O)CC3)O[C@H](CO)[C@H]1O. The molecule has 0 aliphatic carbocycles. The molecule has 2 aromatic rings. The van der Waals surface area contributed by atoms with Crippen LogP contribution in [0.2, 0.25) is 0 Å². The molecule has 2 aromatic heterocycles. The zero-order valence-corrected chi connectivity index (χ0v) is 13.0. The van der Waals surface area contributed by atoms with Gasteiger partial charge < -0.3 is 29.9 Å². The summed E-state index contributed by atoms with van der Waals surface area (Å²) in [7, 11) is 0. The number of hydrogen-bond acceptors (Lipinski definition) is 7. The summed E-state index contributed by atoms with van der Waals surface area (Å²) in [6.45, 7) is 1.05. The van der Waals surface area contributed by atoms with Crippen LogP contribution in [0.15, 0.2) is 12.5 Å². The minimum Gasteiger partial charge on any atom is -0.394 e. The zero-order chi connectivity index (χ0) is 17.1. The summed E-state index contributed by atoms with van der Waals surface area (Å²) < 4.78 is 7.30. The van der Waals surface area contributed by atoms with Gasteiger partial charge in [-0.1, -0.05) is 0 Å². The lowest BCUT2D eigenvalue weighted by atomic mass is 9.96. The predicted octanol–water partition coefficient (Wildman–Crippen LogP) is -0.682. The Morgan fingerprint density at radius 2 is 2.25 bits per heavy atom. The maximum absolute atomic E-state index is 11.8. The van der Waals surface area contributed by atoms with Crippen LogP contribution in [-0.4, -0.2) is 60.2 Å². The fraction of sp³-hybridized carbons (Fsp3) is 0.533. The molecule has 0 aromatic carbocycles. The number of rotatable bonds is 2. The maximum atomic E-state index is 11.8. The number of amides is 1. The third-order valence-electron chi connectivity index (χ3n) is 4.75. The number of carbonyl (C=O) groups is 1. The highest BCUT2D eigenvalue weighted by Crippen LogP contribution is 2.41. The van der Waals surface area contributed by atoms with E-state index in [1.807, 2.05) is 0 Å². The van der Waals surface area contributed by atoms with E-state index in [9.17, 15) is 20.1 Å². The summed E-state index contributed by atoms with van der Waals surface area (Å²) in [5.74, 6) is 0.311. The van der Waals surface area contributed by atoms with Crippen molar-refractivity contribution in [1.29, 1.82) is 0 Å². The van der Waals surface area contributed by atoms with Crippen molar-refractivity contribution in [2.24, 2.45) is 0 Å². The highest BCUT2D eigenvalue weighted by molar-refractivity contribution is 6.02. The number of nitrogens with zero attached hydrogens (tertiary/aromatic N) is 3. The van der Waals surface area contributed by atoms with Gasteiger partial charge >= 0.3 is 0 Å². The molecule has 2 aliphatic heterocycles. The molecule has 2 aliphatic rings. The Morgan fingerprint density at radius 1 is 1.46 bits per heavy atom. The van der Waals surface area contributed by atoms with Gasteiger partial charge in [0, 0.05) is 12.6 Å². The van der Waals surface area contributed by atoms with Gasteiger partial charge in [0.1, 0.15) is 35.6 Å². The first-order valence-corrected chi connectivity index (χ1v) is 7.74. The number of aryl methyl sites for hydroxylation is 1. The minimum atomic E-state index is -1.60. The van der Waals surface area contributed by atoms with Crippen LogP contribution in [0.1, 0.15) is 25.1 Å². The molecular weight excluding hydrogens is 316 g/mol. The molecule has 0 saturated carbocycles. The number of aliphatic hydroxyl groups excluding tert-OH is 2. The summed E-state index contributed by atoms with van der Waals surface area (Å²) in [6, 6.07) is 0. The fourth-order valence-electron chi connectivity index (χ4n) is 3.46. The van der Waals surface area contributed by atoms with Crippen LogP contribution in [0.25, 0.3) is 11.0 Å². The van der Waals surface area contributed by atoms with Crippen LogP contribution >= 0.6 is 0 Å².